The molecule has 1 aliphatic carbocycles. The second-order valence-corrected chi connectivity index (χ2v) is 6.48. The molecule has 0 radical (unpaired) electrons. The van der Waals surface area contributed by atoms with Crippen molar-refractivity contribution in [2.75, 3.05) is 6.61 Å². The summed E-state index contributed by atoms with van der Waals surface area (Å²) in [5.41, 5.74) is 0.914. The van der Waals surface area contributed by atoms with Crippen LogP contribution < -0.4 is 0 Å². The van der Waals surface area contributed by atoms with Gasteiger partial charge in [0, 0.05) is 6.61 Å². The molecule has 0 bridgehead atoms. The third-order valence-corrected chi connectivity index (χ3v) is 4.63. The normalized spacial score (nSPS) is 22.4. The molecule has 5 nitrogen and oxygen atoms in total. The molecule has 0 spiro atoms. The highest BCUT2D eigenvalue weighted by molar-refractivity contribution is 5.90. The highest BCUT2D eigenvalue weighted by atomic mass is 16.6. The predicted molar refractivity (Wildman–Crippen MR) is 95.7 cm³/mol. The zero-order valence-corrected chi connectivity index (χ0v) is 14.4. The van der Waals surface area contributed by atoms with E-state index in [9.17, 15) is 14.7 Å². The summed E-state index contributed by atoms with van der Waals surface area (Å²) in [6.07, 6.45) is 0.667. The zero-order chi connectivity index (χ0) is 18.4. The van der Waals surface area contributed by atoms with Crippen molar-refractivity contribution in [3.63, 3.8) is 0 Å². The maximum Gasteiger partial charge on any atom is 0.338 e. The zero-order valence-electron chi connectivity index (χ0n) is 14.4. The number of esters is 2. The first kappa shape index (κ1) is 18.1. The van der Waals surface area contributed by atoms with E-state index in [-0.39, 0.29) is 12.5 Å². The number of aliphatic hydroxyl groups is 1. The average molecular weight is 354 g/mol. The van der Waals surface area contributed by atoms with Crippen LogP contribution in [0.3, 0.4) is 0 Å². The average Bonchev–Trinajstić information content (AvgIpc) is 2.70. The molecular weight excluding hydrogens is 332 g/mol. The van der Waals surface area contributed by atoms with Crippen molar-refractivity contribution in [1.82, 2.24) is 0 Å². The molecule has 2 aromatic rings. The molecule has 0 amide bonds. The topological polar surface area (TPSA) is 72.8 Å². The van der Waals surface area contributed by atoms with Gasteiger partial charge >= 0.3 is 11.9 Å². The smallest absolute Gasteiger partial charge is 0.338 e. The van der Waals surface area contributed by atoms with Crippen LogP contribution in [0.2, 0.25) is 0 Å². The largest absolute Gasteiger partial charge is 0.455 e. The van der Waals surface area contributed by atoms with Crippen molar-refractivity contribution >= 4 is 11.9 Å². The minimum atomic E-state index is -0.568. The summed E-state index contributed by atoms with van der Waals surface area (Å²) in [6.45, 7) is 0.0265. The van der Waals surface area contributed by atoms with Gasteiger partial charge in [-0.2, -0.15) is 0 Å². The monoisotopic (exact) mass is 354 g/mol. The second kappa shape index (κ2) is 8.63. The standard InChI is InChI=1S/C21H22O5/c22-14-15-11-12-18(25-20(23)16-7-3-1-4-8-16)19(13-15)26-21(24)17-9-5-2-6-10-17/h1-10,15,18-19,22H,11-14H2/t15?,18-,19+/m1/s1. The number of benzene rings is 2. The molecule has 0 aromatic heterocycles. The summed E-state index contributed by atoms with van der Waals surface area (Å²) in [5, 5.41) is 9.46. The Bertz CT molecular complexity index is 729. The summed E-state index contributed by atoms with van der Waals surface area (Å²) >= 11 is 0. The maximum absolute atomic E-state index is 12.4. The Hall–Kier alpha value is -2.66. The van der Waals surface area contributed by atoms with Gasteiger partial charge in [-0.25, -0.2) is 9.59 Å². The summed E-state index contributed by atoms with van der Waals surface area (Å²) in [6, 6.07) is 17.5. The van der Waals surface area contributed by atoms with Gasteiger partial charge in [0.25, 0.3) is 0 Å². The van der Waals surface area contributed by atoms with Crippen molar-refractivity contribution in [3.05, 3.63) is 71.8 Å². The first-order valence-electron chi connectivity index (χ1n) is 8.80. The number of carbonyl (C=O) groups excluding carboxylic acids is 2. The van der Waals surface area contributed by atoms with Gasteiger partial charge in [0.05, 0.1) is 11.1 Å². The Morgan fingerprint density at radius 1 is 0.808 bits per heavy atom. The Labute approximate surface area is 152 Å². The lowest BCUT2D eigenvalue weighted by molar-refractivity contribution is -0.0651. The Balaban J connectivity index is 1.70. The molecule has 5 heteroatoms. The fourth-order valence-corrected chi connectivity index (χ4v) is 3.17. The molecule has 26 heavy (non-hydrogen) atoms. The number of aliphatic hydroxyl groups excluding tert-OH is 1. The van der Waals surface area contributed by atoms with E-state index in [1.165, 1.54) is 0 Å². The molecule has 3 atom stereocenters. The first-order valence-corrected chi connectivity index (χ1v) is 8.80. The quantitative estimate of drug-likeness (QED) is 0.835. The van der Waals surface area contributed by atoms with Crippen LogP contribution >= 0.6 is 0 Å². The van der Waals surface area contributed by atoms with Crippen LogP contribution in [-0.4, -0.2) is 35.9 Å². The lowest BCUT2D eigenvalue weighted by Crippen LogP contribution is -2.41. The molecule has 0 aliphatic heterocycles. The van der Waals surface area contributed by atoms with Crippen LogP contribution in [0.15, 0.2) is 60.7 Å². The third-order valence-electron chi connectivity index (χ3n) is 4.63. The van der Waals surface area contributed by atoms with Crippen molar-refractivity contribution in [2.45, 2.75) is 31.5 Å². The van der Waals surface area contributed by atoms with E-state index in [1.54, 1.807) is 48.5 Å². The molecule has 1 saturated carbocycles. The molecule has 3 rings (SSSR count). The van der Waals surface area contributed by atoms with Crippen molar-refractivity contribution in [1.29, 1.82) is 0 Å². The number of rotatable bonds is 5. The van der Waals surface area contributed by atoms with Gasteiger partial charge in [0.15, 0.2) is 0 Å². The van der Waals surface area contributed by atoms with E-state index in [1.807, 2.05) is 12.1 Å². The Morgan fingerprint density at radius 3 is 1.81 bits per heavy atom. The van der Waals surface area contributed by atoms with Crippen molar-refractivity contribution in [3.8, 4) is 0 Å². The van der Waals surface area contributed by atoms with Gasteiger partial charge in [-0.1, -0.05) is 36.4 Å². The van der Waals surface area contributed by atoms with Gasteiger partial charge in [-0.05, 0) is 49.4 Å². The van der Waals surface area contributed by atoms with Crippen molar-refractivity contribution in [2.24, 2.45) is 5.92 Å². The molecule has 136 valence electrons. The van der Waals surface area contributed by atoms with E-state index in [2.05, 4.69) is 0 Å². The minimum Gasteiger partial charge on any atom is -0.455 e. The van der Waals surface area contributed by atoms with Crippen LogP contribution in [-0.2, 0) is 9.47 Å². The van der Waals surface area contributed by atoms with Crippen LogP contribution in [0, 0.1) is 5.92 Å². The predicted octanol–water partition coefficient (Wildman–Crippen LogP) is 3.23. The van der Waals surface area contributed by atoms with Crippen LogP contribution in [0.5, 0.6) is 0 Å². The maximum atomic E-state index is 12.4. The molecule has 0 saturated heterocycles. The van der Waals surface area contributed by atoms with E-state index >= 15 is 0 Å². The molecule has 1 unspecified atom stereocenters. The number of hydrogen-bond acceptors (Lipinski definition) is 5. The van der Waals surface area contributed by atoms with Gasteiger partial charge < -0.3 is 14.6 Å². The molecule has 2 aromatic carbocycles. The van der Waals surface area contributed by atoms with E-state index in [4.69, 9.17) is 9.47 Å². The lowest BCUT2D eigenvalue weighted by Gasteiger charge is -2.34. The molecule has 1 aliphatic rings. The number of hydrogen-bond donors (Lipinski definition) is 1. The summed E-state index contributed by atoms with van der Waals surface area (Å²) < 4.78 is 11.3. The van der Waals surface area contributed by atoms with Crippen molar-refractivity contribution < 1.29 is 24.2 Å². The van der Waals surface area contributed by atoms with Crippen LogP contribution in [0.1, 0.15) is 40.0 Å². The summed E-state index contributed by atoms with van der Waals surface area (Å²) in [4.78, 5) is 24.7. The highest BCUT2D eigenvalue weighted by Crippen LogP contribution is 2.30. The fraction of sp³-hybridized carbons (Fsp3) is 0.333. The first-order chi connectivity index (χ1) is 12.7. The van der Waals surface area contributed by atoms with Gasteiger partial charge in [-0.3, -0.25) is 0 Å². The Kier molecular flexibility index (Phi) is 6.02. The van der Waals surface area contributed by atoms with Gasteiger partial charge in [0.2, 0.25) is 0 Å². The highest BCUT2D eigenvalue weighted by Gasteiger charge is 2.36. The van der Waals surface area contributed by atoms with Gasteiger partial charge in [0.1, 0.15) is 12.2 Å². The Morgan fingerprint density at radius 2 is 1.31 bits per heavy atom. The molecule has 0 heterocycles. The number of ether oxygens (including phenoxy) is 2. The SMILES string of the molecule is O=C(O[C@H]1CC(CO)CC[C@H]1OC(=O)c1ccccc1)c1ccccc1. The van der Waals surface area contributed by atoms with Crippen LogP contribution in [0.4, 0.5) is 0 Å². The van der Waals surface area contributed by atoms with E-state index in [0.717, 1.165) is 6.42 Å². The second-order valence-electron chi connectivity index (χ2n) is 6.48. The third kappa shape index (κ3) is 4.49. The molecular formula is C21H22O5. The van der Waals surface area contributed by atoms with Gasteiger partial charge in [-0.15, -0.1) is 0 Å². The minimum absolute atomic E-state index is 0.0265. The summed E-state index contributed by atoms with van der Waals surface area (Å²) in [7, 11) is 0. The van der Waals surface area contributed by atoms with Crippen LogP contribution in [0.25, 0.3) is 0 Å². The summed E-state index contributed by atoms with van der Waals surface area (Å²) in [5.74, 6) is -0.844. The molecule has 1 fully saturated rings. The number of carbonyl (C=O) groups is 2. The van der Waals surface area contributed by atoms with E-state index < -0.39 is 24.1 Å². The molecule has 1 N–H and O–H groups in total. The lowest BCUT2D eigenvalue weighted by atomic mass is 9.85. The fourth-order valence-electron chi connectivity index (χ4n) is 3.17. The van der Waals surface area contributed by atoms with E-state index in [0.29, 0.717) is 24.0 Å².